The fraction of sp³-hybridized carbons (Fsp3) is 0.357. The van der Waals surface area contributed by atoms with Crippen LogP contribution in [0.5, 0.6) is 0 Å². The van der Waals surface area contributed by atoms with E-state index in [2.05, 4.69) is 40.5 Å². The Bertz CT molecular complexity index is 698. The van der Waals surface area contributed by atoms with Crippen molar-refractivity contribution in [1.82, 2.24) is 29.7 Å². The van der Waals surface area contributed by atoms with Gasteiger partial charge in [-0.1, -0.05) is 6.92 Å². The highest BCUT2D eigenvalue weighted by molar-refractivity contribution is 5.55. The second kappa shape index (κ2) is 5.42. The predicted molar refractivity (Wildman–Crippen MR) is 76.4 cm³/mol. The molecule has 1 atom stereocenters. The lowest BCUT2D eigenvalue weighted by molar-refractivity contribution is 0.628. The van der Waals surface area contributed by atoms with Crippen molar-refractivity contribution in [2.75, 3.05) is 6.54 Å². The van der Waals surface area contributed by atoms with Crippen LogP contribution in [0.1, 0.15) is 31.0 Å². The van der Waals surface area contributed by atoms with Gasteiger partial charge in [-0.05, 0) is 13.5 Å². The fourth-order valence-electron chi connectivity index (χ4n) is 2.39. The number of aryl methyl sites for hydroxylation is 1. The van der Waals surface area contributed by atoms with E-state index in [0.29, 0.717) is 0 Å². The molecule has 0 aliphatic carbocycles. The molecule has 6 nitrogen and oxygen atoms in total. The van der Waals surface area contributed by atoms with Gasteiger partial charge in [0, 0.05) is 36.3 Å². The minimum absolute atomic E-state index is 0.0852. The Hall–Kier alpha value is -2.21. The summed E-state index contributed by atoms with van der Waals surface area (Å²) < 4.78 is 3.78. The Kier molecular flexibility index (Phi) is 3.47. The Balaban J connectivity index is 2.05. The third-order valence-electron chi connectivity index (χ3n) is 3.38. The van der Waals surface area contributed by atoms with Crippen LogP contribution in [0, 0.1) is 0 Å². The molecule has 0 bridgehead atoms. The first kappa shape index (κ1) is 12.8. The van der Waals surface area contributed by atoms with Crippen molar-refractivity contribution in [2.45, 2.75) is 26.4 Å². The number of hydrogen-bond donors (Lipinski definition) is 1. The van der Waals surface area contributed by atoms with Gasteiger partial charge in [0.2, 0.25) is 0 Å². The molecule has 1 N–H and O–H groups in total. The third-order valence-corrected chi connectivity index (χ3v) is 3.38. The smallest absolute Gasteiger partial charge is 0.0896 e. The minimum atomic E-state index is 0.0852. The first-order valence-corrected chi connectivity index (χ1v) is 6.86. The van der Waals surface area contributed by atoms with Gasteiger partial charge in [-0.25, -0.2) is 4.52 Å². The number of fused-ring (bicyclic) bond motifs is 1. The van der Waals surface area contributed by atoms with Crippen molar-refractivity contribution in [3.8, 4) is 0 Å². The van der Waals surface area contributed by atoms with Crippen molar-refractivity contribution >= 4 is 5.52 Å². The van der Waals surface area contributed by atoms with Crippen LogP contribution in [0.25, 0.3) is 5.52 Å². The van der Waals surface area contributed by atoms with Crippen LogP contribution in [0.2, 0.25) is 0 Å². The van der Waals surface area contributed by atoms with Gasteiger partial charge in [0.1, 0.15) is 0 Å². The van der Waals surface area contributed by atoms with E-state index in [4.69, 9.17) is 0 Å². The molecule has 3 aromatic rings. The maximum absolute atomic E-state index is 4.38. The van der Waals surface area contributed by atoms with Crippen molar-refractivity contribution in [3.63, 3.8) is 0 Å². The summed E-state index contributed by atoms with van der Waals surface area (Å²) in [6.07, 6.45) is 11.3. The summed E-state index contributed by atoms with van der Waals surface area (Å²) in [4.78, 5) is 4.19. The zero-order valence-electron chi connectivity index (χ0n) is 11.7. The molecule has 0 aliphatic heterocycles. The summed E-state index contributed by atoms with van der Waals surface area (Å²) in [6, 6.07) is 0.0852. The number of aromatic nitrogens is 5. The lowest BCUT2D eigenvalue weighted by Crippen LogP contribution is -2.21. The van der Waals surface area contributed by atoms with Crippen LogP contribution in [0.15, 0.2) is 37.2 Å². The number of hydrogen-bond acceptors (Lipinski definition) is 4. The van der Waals surface area contributed by atoms with Gasteiger partial charge in [-0.15, -0.1) is 0 Å². The standard InChI is InChI=1S/C14H18N6/c1-3-16-14(11-7-17-19(4-2)10-11)12-8-18-20-6-5-15-9-13(12)20/h5-10,14,16H,3-4H2,1-2H3. The molecule has 104 valence electrons. The molecule has 0 radical (unpaired) electrons. The summed E-state index contributed by atoms with van der Waals surface area (Å²) in [5.74, 6) is 0. The topological polar surface area (TPSA) is 60.0 Å². The molecule has 0 aromatic carbocycles. The quantitative estimate of drug-likeness (QED) is 0.765. The largest absolute Gasteiger partial charge is 0.306 e. The number of nitrogens with one attached hydrogen (secondary N) is 1. The summed E-state index contributed by atoms with van der Waals surface area (Å²) in [6.45, 7) is 5.92. The molecule has 0 amide bonds. The van der Waals surface area contributed by atoms with E-state index in [-0.39, 0.29) is 6.04 Å². The summed E-state index contributed by atoms with van der Waals surface area (Å²) in [5, 5.41) is 12.2. The van der Waals surface area contributed by atoms with Crippen LogP contribution >= 0.6 is 0 Å². The lowest BCUT2D eigenvalue weighted by Gasteiger charge is -2.15. The van der Waals surface area contributed by atoms with E-state index < -0.39 is 0 Å². The zero-order chi connectivity index (χ0) is 13.9. The molecule has 20 heavy (non-hydrogen) atoms. The summed E-state index contributed by atoms with van der Waals surface area (Å²) >= 11 is 0. The SMILES string of the molecule is CCNC(c1cnn(CC)c1)c1cnn2ccncc12. The second-order valence-electron chi connectivity index (χ2n) is 4.63. The monoisotopic (exact) mass is 270 g/mol. The third kappa shape index (κ3) is 2.18. The van der Waals surface area contributed by atoms with Gasteiger partial charge >= 0.3 is 0 Å². The van der Waals surface area contributed by atoms with E-state index in [1.54, 1.807) is 6.20 Å². The second-order valence-corrected chi connectivity index (χ2v) is 4.63. The van der Waals surface area contributed by atoms with Crippen molar-refractivity contribution < 1.29 is 0 Å². The minimum Gasteiger partial charge on any atom is -0.306 e. The van der Waals surface area contributed by atoms with E-state index in [0.717, 1.165) is 29.7 Å². The summed E-state index contributed by atoms with van der Waals surface area (Å²) in [7, 11) is 0. The molecule has 6 heteroatoms. The fourth-order valence-corrected chi connectivity index (χ4v) is 2.39. The summed E-state index contributed by atoms with van der Waals surface area (Å²) in [5.41, 5.74) is 3.28. The van der Waals surface area contributed by atoms with Crippen molar-refractivity contribution in [2.24, 2.45) is 0 Å². The Morgan fingerprint density at radius 1 is 1.20 bits per heavy atom. The molecule has 1 unspecified atom stereocenters. The average molecular weight is 270 g/mol. The van der Waals surface area contributed by atoms with Crippen LogP contribution in [-0.2, 0) is 6.54 Å². The van der Waals surface area contributed by atoms with Crippen LogP contribution in [0.4, 0.5) is 0 Å². The van der Waals surface area contributed by atoms with Crippen LogP contribution in [0.3, 0.4) is 0 Å². The van der Waals surface area contributed by atoms with Crippen LogP contribution in [-0.4, -0.2) is 30.9 Å². The molecule has 3 aromatic heterocycles. The van der Waals surface area contributed by atoms with Crippen molar-refractivity contribution in [1.29, 1.82) is 0 Å². The van der Waals surface area contributed by atoms with E-state index >= 15 is 0 Å². The van der Waals surface area contributed by atoms with Gasteiger partial charge in [0.15, 0.2) is 0 Å². The highest BCUT2D eigenvalue weighted by Crippen LogP contribution is 2.25. The maximum atomic E-state index is 4.38. The molecule has 0 saturated carbocycles. The van der Waals surface area contributed by atoms with Crippen LogP contribution < -0.4 is 5.32 Å². The molecular weight excluding hydrogens is 252 g/mol. The molecular formula is C14H18N6. The lowest BCUT2D eigenvalue weighted by atomic mass is 10.0. The number of rotatable bonds is 5. The van der Waals surface area contributed by atoms with Gasteiger partial charge in [-0.2, -0.15) is 10.2 Å². The molecule has 3 heterocycles. The van der Waals surface area contributed by atoms with E-state index in [1.807, 2.05) is 34.0 Å². The average Bonchev–Trinajstić information content (AvgIpc) is 3.12. The molecule has 0 fully saturated rings. The van der Waals surface area contributed by atoms with Gasteiger partial charge in [0.05, 0.1) is 30.1 Å². The number of nitrogens with zero attached hydrogens (tertiary/aromatic N) is 5. The van der Waals surface area contributed by atoms with Gasteiger partial charge in [0.25, 0.3) is 0 Å². The zero-order valence-corrected chi connectivity index (χ0v) is 11.7. The molecule has 0 aliphatic rings. The predicted octanol–water partition coefficient (Wildman–Crippen LogP) is 1.64. The molecule has 0 spiro atoms. The van der Waals surface area contributed by atoms with Crippen molar-refractivity contribution in [3.05, 3.63) is 48.3 Å². The normalized spacial score (nSPS) is 12.9. The first-order valence-electron chi connectivity index (χ1n) is 6.86. The van der Waals surface area contributed by atoms with Gasteiger partial charge < -0.3 is 5.32 Å². The van der Waals surface area contributed by atoms with E-state index in [9.17, 15) is 0 Å². The Labute approximate surface area is 117 Å². The maximum Gasteiger partial charge on any atom is 0.0896 e. The highest BCUT2D eigenvalue weighted by Gasteiger charge is 2.19. The molecule has 3 rings (SSSR count). The highest BCUT2D eigenvalue weighted by atomic mass is 15.3. The first-order chi connectivity index (χ1) is 9.83. The Morgan fingerprint density at radius 2 is 2.10 bits per heavy atom. The van der Waals surface area contributed by atoms with E-state index in [1.165, 1.54) is 0 Å². The Morgan fingerprint density at radius 3 is 2.85 bits per heavy atom. The molecule has 0 saturated heterocycles. The van der Waals surface area contributed by atoms with Gasteiger partial charge in [-0.3, -0.25) is 9.67 Å².